The van der Waals surface area contributed by atoms with E-state index in [-0.39, 0.29) is 28.5 Å². The van der Waals surface area contributed by atoms with Crippen molar-refractivity contribution in [1.29, 1.82) is 0 Å². The van der Waals surface area contributed by atoms with E-state index in [1.807, 2.05) is 6.08 Å². The number of nitro benzene ring substituents is 1. The molecule has 5 rings (SSSR count). The first-order valence-corrected chi connectivity index (χ1v) is 13.3. The molecule has 1 aliphatic carbocycles. The quantitative estimate of drug-likeness (QED) is 0.217. The van der Waals surface area contributed by atoms with Gasteiger partial charge in [0.25, 0.3) is 15.7 Å². The Morgan fingerprint density at radius 2 is 1.81 bits per heavy atom. The van der Waals surface area contributed by atoms with E-state index in [1.165, 1.54) is 32.4 Å². The van der Waals surface area contributed by atoms with E-state index < -0.39 is 14.9 Å². The molecule has 2 N–H and O–H groups in total. The van der Waals surface area contributed by atoms with Gasteiger partial charge in [-0.3, -0.25) is 14.8 Å². The summed E-state index contributed by atoms with van der Waals surface area (Å²) in [6.07, 6.45) is 4.83. The molecule has 0 bridgehead atoms. The van der Waals surface area contributed by atoms with E-state index in [0.717, 1.165) is 17.7 Å². The number of sulfonamides is 1. The third-order valence-corrected chi connectivity index (χ3v) is 8.53. The third kappa shape index (κ3) is 4.58. The molecule has 3 aromatic carbocycles. The number of nitrogens with one attached hydrogen (secondary N) is 2. The van der Waals surface area contributed by atoms with Crippen molar-refractivity contribution in [3.63, 3.8) is 0 Å². The maximum Gasteiger partial charge on any atom is 0.269 e. The molecule has 0 radical (unpaired) electrons. The monoisotopic (exact) mass is 541 g/mol. The van der Waals surface area contributed by atoms with Crippen molar-refractivity contribution in [3.05, 3.63) is 93.0 Å². The van der Waals surface area contributed by atoms with E-state index in [1.54, 1.807) is 36.4 Å². The molecule has 0 spiro atoms. The minimum Gasteiger partial charge on any atom is -0.493 e. The third-order valence-electron chi connectivity index (χ3n) is 6.81. The molecule has 9 nitrogen and oxygen atoms in total. The van der Waals surface area contributed by atoms with Gasteiger partial charge in [0.2, 0.25) is 0 Å². The first kappa shape index (κ1) is 24.9. The summed E-state index contributed by atoms with van der Waals surface area (Å²) in [5, 5.41) is 15.3. The molecule has 0 saturated carbocycles. The highest BCUT2D eigenvalue weighted by Gasteiger charge is 2.39. The number of nitro groups is 1. The molecule has 3 aromatic rings. The van der Waals surface area contributed by atoms with Gasteiger partial charge in [-0.1, -0.05) is 23.8 Å². The van der Waals surface area contributed by atoms with Crippen LogP contribution in [-0.4, -0.2) is 27.6 Å². The summed E-state index contributed by atoms with van der Waals surface area (Å²) in [7, 11) is -0.918. The summed E-state index contributed by atoms with van der Waals surface area (Å²) in [5.41, 5.74) is 2.55. The molecule has 11 heteroatoms. The van der Waals surface area contributed by atoms with Gasteiger partial charge >= 0.3 is 0 Å². The number of allylic oxidation sites excluding steroid dienone is 2. The molecule has 2 aliphatic rings. The summed E-state index contributed by atoms with van der Waals surface area (Å²) < 4.78 is 39.6. The maximum absolute atomic E-state index is 13.3. The van der Waals surface area contributed by atoms with Crippen LogP contribution in [0.3, 0.4) is 0 Å². The lowest BCUT2D eigenvalue weighted by atomic mass is 9.77. The van der Waals surface area contributed by atoms with Crippen molar-refractivity contribution >= 4 is 38.7 Å². The van der Waals surface area contributed by atoms with Gasteiger partial charge in [-0.15, -0.1) is 0 Å². The Morgan fingerprint density at radius 1 is 1.03 bits per heavy atom. The maximum atomic E-state index is 13.3. The summed E-state index contributed by atoms with van der Waals surface area (Å²) >= 11 is 6.47. The number of hydrogen-bond acceptors (Lipinski definition) is 7. The lowest BCUT2D eigenvalue weighted by Crippen LogP contribution is -2.29. The minimum atomic E-state index is -3.90. The van der Waals surface area contributed by atoms with Crippen molar-refractivity contribution in [2.24, 2.45) is 5.92 Å². The summed E-state index contributed by atoms with van der Waals surface area (Å²) in [6, 6.07) is 13.9. The van der Waals surface area contributed by atoms with Crippen molar-refractivity contribution in [2.75, 3.05) is 24.3 Å². The molecule has 192 valence electrons. The van der Waals surface area contributed by atoms with Gasteiger partial charge in [-0.05, 0) is 54.3 Å². The van der Waals surface area contributed by atoms with Crippen LogP contribution in [0.4, 0.5) is 17.1 Å². The number of non-ortho nitro benzene ring substituents is 1. The molecule has 1 aliphatic heterocycles. The molecule has 0 unspecified atom stereocenters. The first-order chi connectivity index (χ1) is 17.7. The Kier molecular flexibility index (Phi) is 6.47. The van der Waals surface area contributed by atoms with Crippen LogP contribution >= 0.6 is 11.6 Å². The molecule has 0 amide bonds. The zero-order valence-electron chi connectivity index (χ0n) is 20.0. The molecule has 0 saturated heterocycles. The Hall–Kier alpha value is -3.76. The fraction of sp³-hybridized carbons (Fsp3) is 0.231. The fourth-order valence-corrected chi connectivity index (χ4v) is 6.36. The molecule has 37 heavy (non-hydrogen) atoms. The van der Waals surface area contributed by atoms with Gasteiger partial charge in [0, 0.05) is 40.4 Å². The lowest BCUT2D eigenvalue weighted by molar-refractivity contribution is -0.384. The molecular weight excluding hydrogens is 518 g/mol. The largest absolute Gasteiger partial charge is 0.493 e. The Morgan fingerprint density at radius 3 is 2.54 bits per heavy atom. The highest BCUT2D eigenvalue weighted by molar-refractivity contribution is 7.92. The van der Waals surface area contributed by atoms with Gasteiger partial charge in [0.1, 0.15) is 0 Å². The normalized spacial score (nSPS) is 19.9. The average molecular weight is 542 g/mol. The SMILES string of the molecule is COc1ccc(NS(=O)(=O)c2ccc3c(c2)[C@H]2C=CC[C@H]2[C@@H](c2cc([N+](=O)[O-])ccc2Cl)N3)cc1OC. The highest BCUT2D eigenvalue weighted by Crippen LogP contribution is 2.51. The average Bonchev–Trinajstić information content (AvgIpc) is 3.38. The first-order valence-electron chi connectivity index (χ1n) is 11.5. The zero-order chi connectivity index (χ0) is 26.3. The number of benzene rings is 3. The lowest BCUT2D eigenvalue weighted by Gasteiger charge is -2.38. The highest BCUT2D eigenvalue weighted by atomic mass is 35.5. The summed E-state index contributed by atoms with van der Waals surface area (Å²) in [6.45, 7) is 0. The van der Waals surface area contributed by atoms with E-state index in [2.05, 4.69) is 16.1 Å². The van der Waals surface area contributed by atoms with Crippen LogP contribution in [0.2, 0.25) is 5.02 Å². The number of nitrogens with zero attached hydrogens (tertiary/aromatic N) is 1. The predicted molar refractivity (Wildman–Crippen MR) is 141 cm³/mol. The van der Waals surface area contributed by atoms with Crippen molar-refractivity contribution in [1.82, 2.24) is 0 Å². The van der Waals surface area contributed by atoms with E-state index in [9.17, 15) is 18.5 Å². The van der Waals surface area contributed by atoms with Crippen molar-refractivity contribution < 1.29 is 22.8 Å². The molecule has 0 fully saturated rings. The Bertz CT molecular complexity index is 1520. The molecular formula is C26H24ClN3O6S. The number of hydrogen-bond donors (Lipinski definition) is 2. The van der Waals surface area contributed by atoms with Gasteiger partial charge in [-0.25, -0.2) is 8.42 Å². The number of fused-ring (bicyclic) bond motifs is 3. The number of methoxy groups -OCH3 is 2. The molecule has 1 heterocycles. The fourth-order valence-electron chi connectivity index (χ4n) is 5.04. The van der Waals surface area contributed by atoms with Gasteiger partial charge in [0.15, 0.2) is 11.5 Å². The van der Waals surface area contributed by atoms with Crippen molar-refractivity contribution in [2.45, 2.75) is 23.3 Å². The smallest absolute Gasteiger partial charge is 0.269 e. The molecule has 3 atom stereocenters. The number of rotatable bonds is 7. The Labute approximate surface area is 219 Å². The van der Waals surface area contributed by atoms with Gasteiger partial charge in [-0.2, -0.15) is 0 Å². The predicted octanol–water partition coefficient (Wildman–Crippen LogP) is 5.89. The van der Waals surface area contributed by atoms with E-state index >= 15 is 0 Å². The van der Waals surface area contributed by atoms with Crippen LogP contribution in [0.5, 0.6) is 11.5 Å². The summed E-state index contributed by atoms with van der Waals surface area (Å²) in [5.74, 6) is 0.835. The molecule has 0 aromatic heterocycles. The number of anilines is 2. The minimum absolute atomic E-state index is 0.0174. The van der Waals surface area contributed by atoms with Crippen LogP contribution in [0.15, 0.2) is 71.6 Å². The number of ether oxygens (including phenoxy) is 2. The van der Waals surface area contributed by atoms with Crippen LogP contribution in [0.1, 0.15) is 29.5 Å². The van der Waals surface area contributed by atoms with Crippen LogP contribution in [-0.2, 0) is 10.0 Å². The second kappa shape index (κ2) is 9.60. The van der Waals surface area contributed by atoms with Gasteiger partial charge in [0.05, 0.1) is 35.8 Å². The van der Waals surface area contributed by atoms with E-state index in [0.29, 0.717) is 27.8 Å². The second-order valence-electron chi connectivity index (χ2n) is 8.86. The topological polar surface area (TPSA) is 120 Å². The standard InChI is InChI=1S/C26H24ClN3O6S/c1-35-24-11-6-15(12-25(24)36-2)29-37(33,34)17-8-10-23-20(14-17)18-4-3-5-19(18)26(28-23)21-13-16(30(31)32)7-9-22(21)27/h3-4,6-14,18-19,26,28-29H,5H2,1-2H3/t18-,19+,26-/m0/s1. The zero-order valence-corrected chi connectivity index (χ0v) is 21.5. The van der Waals surface area contributed by atoms with Gasteiger partial charge < -0.3 is 14.8 Å². The van der Waals surface area contributed by atoms with E-state index in [4.69, 9.17) is 21.1 Å². The van der Waals surface area contributed by atoms with Crippen LogP contribution in [0, 0.1) is 16.0 Å². The number of halogens is 1. The van der Waals surface area contributed by atoms with Crippen LogP contribution < -0.4 is 19.5 Å². The van der Waals surface area contributed by atoms with Crippen molar-refractivity contribution in [3.8, 4) is 11.5 Å². The Balaban J connectivity index is 1.48. The van der Waals surface area contributed by atoms with Crippen LogP contribution in [0.25, 0.3) is 0 Å². The second-order valence-corrected chi connectivity index (χ2v) is 11.0. The summed E-state index contributed by atoms with van der Waals surface area (Å²) in [4.78, 5) is 11.0.